The largest absolute Gasteiger partial charge is 0.338 e. The molecule has 5 nitrogen and oxygen atoms in total. The van der Waals surface area contributed by atoms with Crippen molar-refractivity contribution in [3.8, 4) is 5.69 Å². The molecule has 0 radical (unpaired) electrons. The monoisotopic (exact) mass is 391 g/mol. The number of aromatic nitrogens is 1. The molecular weight excluding hydrogens is 369 g/mol. The Labute approximate surface area is 168 Å². The van der Waals surface area contributed by atoms with E-state index in [2.05, 4.69) is 5.32 Å². The summed E-state index contributed by atoms with van der Waals surface area (Å²) in [5, 5.41) is 2.66. The first-order valence-electron chi connectivity index (χ1n) is 9.56. The first kappa shape index (κ1) is 18.9. The number of anilines is 1. The highest BCUT2D eigenvalue weighted by Gasteiger charge is 2.34. The van der Waals surface area contributed by atoms with Crippen molar-refractivity contribution in [1.29, 1.82) is 0 Å². The highest BCUT2D eigenvalue weighted by Crippen LogP contribution is 2.24. The van der Waals surface area contributed by atoms with Gasteiger partial charge in [-0.15, -0.1) is 0 Å². The number of benzene rings is 2. The van der Waals surface area contributed by atoms with Gasteiger partial charge in [0.05, 0.1) is 11.6 Å². The van der Waals surface area contributed by atoms with Crippen molar-refractivity contribution in [2.75, 3.05) is 11.9 Å². The second-order valence-electron chi connectivity index (χ2n) is 7.40. The van der Waals surface area contributed by atoms with E-state index in [1.54, 1.807) is 17.0 Å². The zero-order valence-corrected chi connectivity index (χ0v) is 16.1. The fourth-order valence-electron chi connectivity index (χ4n) is 3.53. The Morgan fingerprint density at radius 1 is 1.14 bits per heavy atom. The molecule has 1 N–H and O–H groups in total. The number of nitrogens with one attached hydrogen (secondary N) is 1. The lowest BCUT2D eigenvalue weighted by atomic mass is 10.1. The van der Waals surface area contributed by atoms with Crippen LogP contribution in [0.2, 0.25) is 0 Å². The third kappa shape index (κ3) is 4.21. The van der Waals surface area contributed by atoms with Crippen LogP contribution in [0.25, 0.3) is 5.69 Å². The molecule has 0 aliphatic carbocycles. The molecule has 148 valence electrons. The summed E-state index contributed by atoms with van der Waals surface area (Å²) >= 11 is 0. The first-order valence-corrected chi connectivity index (χ1v) is 9.56. The van der Waals surface area contributed by atoms with Crippen LogP contribution >= 0.6 is 0 Å². The van der Waals surface area contributed by atoms with E-state index in [0.717, 1.165) is 16.8 Å². The number of carbonyl (C=O) groups excluding carboxylic acids is 2. The van der Waals surface area contributed by atoms with Crippen molar-refractivity contribution in [2.24, 2.45) is 5.92 Å². The van der Waals surface area contributed by atoms with Crippen LogP contribution < -0.4 is 5.32 Å². The lowest BCUT2D eigenvalue weighted by Gasteiger charge is -2.17. The van der Waals surface area contributed by atoms with Crippen LogP contribution in [0.3, 0.4) is 0 Å². The molecule has 1 aliphatic rings. The van der Waals surface area contributed by atoms with Crippen LogP contribution in [0.15, 0.2) is 67.0 Å². The summed E-state index contributed by atoms with van der Waals surface area (Å²) in [6.07, 6.45) is 3.82. The molecule has 1 fully saturated rings. The summed E-state index contributed by atoms with van der Waals surface area (Å²) in [6, 6.07) is 16.3. The number of likely N-dealkylation sites (tertiary alicyclic amines) is 1. The number of amides is 2. The lowest BCUT2D eigenvalue weighted by molar-refractivity contribution is -0.128. The number of halogens is 1. The third-order valence-electron chi connectivity index (χ3n) is 5.19. The predicted octanol–water partition coefficient (Wildman–Crippen LogP) is 3.91. The highest BCUT2D eigenvalue weighted by molar-refractivity contribution is 5.97. The average Bonchev–Trinajstić information content (AvgIpc) is 3.36. The Kier molecular flexibility index (Phi) is 5.16. The molecule has 1 saturated heterocycles. The summed E-state index contributed by atoms with van der Waals surface area (Å²) in [5.41, 5.74) is 3.04. The number of aryl methyl sites for hydroxylation is 1. The van der Waals surface area contributed by atoms with Gasteiger partial charge in [0.25, 0.3) is 0 Å². The molecule has 1 unspecified atom stereocenters. The minimum atomic E-state index is -0.505. The van der Waals surface area contributed by atoms with Crippen molar-refractivity contribution >= 4 is 17.5 Å². The second-order valence-corrected chi connectivity index (χ2v) is 7.40. The summed E-state index contributed by atoms with van der Waals surface area (Å²) < 4.78 is 16.1. The van der Waals surface area contributed by atoms with Gasteiger partial charge in [-0.2, -0.15) is 0 Å². The molecule has 2 heterocycles. The highest BCUT2D eigenvalue weighted by atomic mass is 19.1. The van der Waals surface area contributed by atoms with E-state index in [4.69, 9.17) is 0 Å². The Balaban J connectivity index is 1.43. The first-order chi connectivity index (χ1) is 14.0. The predicted molar refractivity (Wildman–Crippen MR) is 109 cm³/mol. The van der Waals surface area contributed by atoms with Crippen molar-refractivity contribution in [3.05, 3.63) is 83.9 Å². The smallest absolute Gasteiger partial charge is 0.229 e. The summed E-state index contributed by atoms with van der Waals surface area (Å²) in [5.74, 6) is -1.40. The summed E-state index contributed by atoms with van der Waals surface area (Å²) in [7, 11) is 0. The Hall–Kier alpha value is -3.41. The topological polar surface area (TPSA) is 54.3 Å². The van der Waals surface area contributed by atoms with Gasteiger partial charge in [-0.1, -0.05) is 29.8 Å². The molecule has 2 amide bonds. The Bertz CT molecular complexity index is 1030. The van der Waals surface area contributed by atoms with Crippen LogP contribution in [0.4, 0.5) is 10.1 Å². The van der Waals surface area contributed by atoms with Crippen molar-refractivity contribution in [1.82, 2.24) is 9.47 Å². The zero-order chi connectivity index (χ0) is 20.4. The molecule has 4 rings (SSSR count). The zero-order valence-electron chi connectivity index (χ0n) is 16.1. The summed E-state index contributed by atoms with van der Waals surface area (Å²) in [6.45, 7) is 2.81. The quantitative estimate of drug-likeness (QED) is 0.717. The van der Waals surface area contributed by atoms with Crippen LogP contribution in [0, 0.1) is 18.7 Å². The van der Waals surface area contributed by atoms with Gasteiger partial charge >= 0.3 is 0 Å². The second kappa shape index (κ2) is 7.91. The van der Waals surface area contributed by atoms with E-state index < -0.39 is 11.7 Å². The molecule has 29 heavy (non-hydrogen) atoms. The molecule has 0 bridgehead atoms. The van der Waals surface area contributed by atoms with Gasteiger partial charge < -0.3 is 14.8 Å². The van der Waals surface area contributed by atoms with Crippen molar-refractivity contribution in [2.45, 2.75) is 19.9 Å². The number of hydrogen-bond donors (Lipinski definition) is 1. The van der Waals surface area contributed by atoms with Gasteiger partial charge in [0.1, 0.15) is 5.82 Å². The van der Waals surface area contributed by atoms with E-state index in [9.17, 15) is 14.0 Å². The lowest BCUT2D eigenvalue weighted by Crippen LogP contribution is -2.28. The van der Waals surface area contributed by atoms with E-state index in [1.165, 1.54) is 6.07 Å². The van der Waals surface area contributed by atoms with E-state index >= 15 is 0 Å². The number of hydrogen-bond acceptors (Lipinski definition) is 2. The van der Waals surface area contributed by atoms with Crippen LogP contribution in [0.1, 0.15) is 17.5 Å². The number of nitrogens with zero attached hydrogens (tertiary/aromatic N) is 2. The van der Waals surface area contributed by atoms with Gasteiger partial charge in [0.2, 0.25) is 11.8 Å². The number of carbonyl (C=O) groups is 2. The molecule has 0 saturated carbocycles. The average molecular weight is 391 g/mol. The van der Waals surface area contributed by atoms with Gasteiger partial charge in [0.15, 0.2) is 0 Å². The molecule has 1 atom stereocenters. The maximum Gasteiger partial charge on any atom is 0.229 e. The van der Waals surface area contributed by atoms with Crippen molar-refractivity contribution < 1.29 is 14.0 Å². The summed E-state index contributed by atoms with van der Waals surface area (Å²) in [4.78, 5) is 26.7. The Morgan fingerprint density at radius 2 is 1.86 bits per heavy atom. The van der Waals surface area contributed by atoms with Crippen LogP contribution in [-0.4, -0.2) is 27.8 Å². The molecular formula is C23H22FN3O2. The van der Waals surface area contributed by atoms with E-state index in [-0.39, 0.29) is 23.9 Å². The fraction of sp³-hybridized carbons (Fsp3) is 0.217. The fourth-order valence-corrected chi connectivity index (χ4v) is 3.53. The number of rotatable bonds is 5. The molecule has 0 spiro atoms. The Morgan fingerprint density at radius 3 is 2.59 bits per heavy atom. The molecule has 1 aromatic heterocycles. The van der Waals surface area contributed by atoms with Gasteiger partial charge in [-0.25, -0.2) is 4.39 Å². The molecule has 6 heteroatoms. The minimum Gasteiger partial charge on any atom is -0.338 e. The maximum absolute atomic E-state index is 14.2. The standard InChI is InChI=1S/C23H22FN3O2/c1-16-4-6-17(7-5-16)14-27-15-18(12-22(27)28)23(29)25-21-13-19(8-9-20(21)24)26-10-2-3-11-26/h2-11,13,18H,12,14-15H2,1H3,(H,25,29). The molecule has 3 aromatic rings. The van der Waals surface area contributed by atoms with Gasteiger partial charge in [-0.3, -0.25) is 9.59 Å². The van der Waals surface area contributed by atoms with Crippen LogP contribution in [0.5, 0.6) is 0 Å². The van der Waals surface area contributed by atoms with E-state index in [0.29, 0.717) is 13.1 Å². The van der Waals surface area contributed by atoms with Crippen molar-refractivity contribution in [3.63, 3.8) is 0 Å². The normalized spacial score (nSPS) is 16.3. The van der Waals surface area contributed by atoms with Gasteiger partial charge in [-0.05, 0) is 42.8 Å². The minimum absolute atomic E-state index is 0.0627. The van der Waals surface area contributed by atoms with Gasteiger partial charge in [0, 0.05) is 37.6 Å². The van der Waals surface area contributed by atoms with Crippen LogP contribution in [-0.2, 0) is 16.1 Å². The maximum atomic E-state index is 14.2. The third-order valence-corrected chi connectivity index (χ3v) is 5.19. The molecule has 1 aliphatic heterocycles. The molecule has 2 aromatic carbocycles. The van der Waals surface area contributed by atoms with E-state index in [1.807, 2.05) is 60.3 Å². The SMILES string of the molecule is Cc1ccc(CN2CC(C(=O)Nc3cc(-n4cccc4)ccc3F)CC2=O)cc1.